The van der Waals surface area contributed by atoms with Gasteiger partial charge in [-0.1, -0.05) is 12.1 Å². The maximum absolute atomic E-state index is 11.2. The molecule has 2 aromatic rings. The Labute approximate surface area is 139 Å². The number of rotatable bonds is 5. The van der Waals surface area contributed by atoms with Crippen LogP contribution in [0.2, 0.25) is 0 Å². The van der Waals surface area contributed by atoms with Gasteiger partial charge in [-0.25, -0.2) is 4.79 Å². The summed E-state index contributed by atoms with van der Waals surface area (Å²) in [5.74, 6) is -0.0271. The first-order valence-corrected chi connectivity index (χ1v) is 8.33. The number of hydrogen-bond acceptors (Lipinski definition) is 5. The highest BCUT2D eigenvalue weighted by atomic mass is 32.1. The lowest BCUT2D eigenvalue weighted by atomic mass is 10.1. The van der Waals surface area contributed by atoms with Gasteiger partial charge in [-0.05, 0) is 34.7 Å². The van der Waals surface area contributed by atoms with Crippen molar-refractivity contribution < 1.29 is 19.4 Å². The quantitative estimate of drug-likeness (QED) is 0.911. The Kier molecular flexibility index (Phi) is 4.95. The van der Waals surface area contributed by atoms with Gasteiger partial charge in [0.15, 0.2) is 0 Å². The van der Waals surface area contributed by atoms with Gasteiger partial charge >= 0.3 is 5.97 Å². The molecule has 1 fully saturated rings. The largest absolute Gasteiger partial charge is 0.497 e. The topological polar surface area (TPSA) is 59.0 Å². The number of benzene rings is 1. The third kappa shape index (κ3) is 3.72. The van der Waals surface area contributed by atoms with Crippen LogP contribution in [-0.2, 0) is 11.3 Å². The highest BCUT2D eigenvalue weighted by Crippen LogP contribution is 2.26. The van der Waals surface area contributed by atoms with E-state index in [1.807, 2.05) is 35.7 Å². The molecule has 0 spiro atoms. The van der Waals surface area contributed by atoms with Gasteiger partial charge < -0.3 is 14.6 Å². The predicted molar refractivity (Wildman–Crippen MR) is 88.2 cm³/mol. The molecule has 23 heavy (non-hydrogen) atoms. The molecule has 5 nitrogen and oxygen atoms in total. The van der Waals surface area contributed by atoms with E-state index in [-0.39, 0.29) is 6.10 Å². The second-order valence-electron chi connectivity index (χ2n) is 5.45. The van der Waals surface area contributed by atoms with Gasteiger partial charge in [0.25, 0.3) is 0 Å². The standard InChI is InChI=1S/C17H19NO4S/c1-21-14-4-2-12(3-5-14)15-11-18(7-8-22-15)10-13-6-9-23-16(13)17(19)20/h2-6,9,15H,7-8,10-11H2,1H3,(H,19,20). The molecule has 1 saturated heterocycles. The molecular formula is C17H19NO4S. The van der Waals surface area contributed by atoms with Crippen LogP contribution >= 0.6 is 11.3 Å². The highest BCUT2D eigenvalue weighted by molar-refractivity contribution is 7.12. The molecule has 1 unspecified atom stereocenters. The van der Waals surface area contributed by atoms with Gasteiger partial charge in [0.1, 0.15) is 10.6 Å². The Balaban J connectivity index is 1.68. The van der Waals surface area contributed by atoms with Crippen LogP contribution in [0, 0.1) is 0 Å². The molecule has 0 bridgehead atoms. The predicted octanol–water partition coefficient (Wildman–Crippen LogP) is 3.03. The van der Waals surface area contributed by atoms with Crippen molar-refractivity contribution in [1.29, 1.82) is 0 Å². The Bertz CT molecular complexity index is 667. The van der Waals surface area contributed by atoms with Crippen LogP contribution in [0.1, 0.15) is 26.9 Å². The molecule has 2 heterocycles. The number of aromatic carboxylic acids is 1. The summed E-state index contributed by atoms with van der Waals surface area (Å²) < 4.78 is 11.0. The van der Waals surface area contributed by atoms with Crippen molar-refractivity contribution in [2.75, 3.05) is 26.8 Å². The number of carboxylic acid groups (broad SMARTS) is 1. The van der Waals surface area contributed by atoms with Crippen molar-refractivity contribution in [1.82, 2.24) is 4.90 Å². The molecule has 1 aliphatic heterocycles. The van der Waals surface area contributed by atoms with Crippen molar-refractivity contribution in [3.05, 3.63) is 51.7 Å². The monoisotopic (exact) mass is 333 g/mol. The molecule has 6 heteroatoms. The fraction of sp³-hybridized carbons (Fsp3) is 0.353. The number of ether oxygens (including phenoxy) is 2. The number of carbonyl (C=O) groups is 1. The minimum Gasteiger partial charge on any atom is -0.497 e. The number of carboxylic acids is 1. The molecular weight excluding hydrogens is 314 g/mol. The van der Waals surface area contributed by atoms with Crippen molar-refractivity contribution in [2.45, 2.75) is 12.6 Å². The van der Waals surface area contributed by atoms with Gasteiger partial charge in [0.05, 0.1) is 19.8 Å². The third-order valence-corrected chi connectivity index (χ3v) is 4.92. The SMILES string of the molecule is COc1ccc(C2CN(Cc3ccsc3C(=O)O)CCO2)cc1. The molecule has 3 rings (SSSR count). The molecule has 122 valence electrons. The smallest absolute Gasteiger partial charge is 0.346 e. The van der Waals surface area contributed by atoms with Crippen LogP contribution < -0.4 is 4.74 Å². The zero-order chi connectivity index (χ0) is 16.2. The van der Waals surface area contributed by atoms with E-state index >= 15 is 0 Å². The van der Waals surface area contributed by atoms with E-state index < -0.39 is 5.97 Å². The molecule has 1 aromatic carbocycles. The Morgan fingerprint density at radius 3 is 2.87 bits per heavy atom. The van der Waals surface area contributed by atoms with E-state index in [9.17, 15) is 9.90 Å². The number of thiophene rings is 1. The zero-order valence-corrected chi connectivity index (χ0v) is 13.7. The van der Waals surface area contributed by atoms with Gasteiger partial charge in [-0.3, -0.25) is 4.90 Å². The number of morpholine rings is 1. The first-order chi connectivity index (χ1) is 11.2. The normalized spacial score (nSPS) is 18.7. The van der Waals surface area contributed by atoms with Gasteiger partial charge in [-0.15, -0.1) is 11.3 Å². The summed E-state index contributed by atoms with van der Waals surface area (Å²) in [7, 11) is 1.65. The van der Waals surface area contributed by atoms with Crippen LogP contribution in [0.15, 0.2) is 35.7 Å². The lowest BCUT2D eigenvalue weighted by Crippen LogP contribution is -2.38. The van der Waals surface area contributed by atoms with E-state index in [1.165, 1.54) is 11.3 Å². The second-order valence-corrected chi connectivity index (χ2v) is 6.36. The summed E-state index contributed by atoms with van der Waals surface area (Å²) in [6, 6.07) is 9.78. The summed E-state index contributed by atoms with van der Waals surface area (Å²) in [5, 5.41) is 11.1. The van der Waals surface area contributed by atoms with Gasteiger partial charge in [-0.2, -0.15) is 0 Å². The van der Waals surface area contributed by atoms with E-state index in [4.69, 9.17) is 9.47 Å². The Hall–Kier alpha value is -1.89. The number of nitrogens with zero attached hydrogens (tertiary/aromatic N) is 1. The highest BCUT2D eigenvalue weighted by Gasteiger charge is 2.23. The van der Waals surface area contributed by atoms with Crippen LogP contribution in [0.3, 0.4) is 0 Å². The number of methoxy groups -OCH3 is 1. The van der Waals surface area contributed by atoms with Crippen molar-refractivity contribution in [3.8, 4) is 5.75 Å². The fourth-order valence-corrected chi connectivity index (χ4v) is 3.51. The molecule has 1 N–H and O–H groups in total. The molecule has 0 aliphatic carbocycles. The van der Waals surface area contributed by atoms with Crippen LogP contribution in [0.5, 0.6) is 5.75 Å². The molecule has 0 radical (unpaired) electrons. The van der Waals surface area contributed by atoms with Crippen LogP contribution in [0.25, 0.3) is 0 Å². The summed E-state index contributed by atoms with van der Waals surface area (Å²) >= 11 is 1.28. The van der Waals surface area contributed by atoms with E-state index in [2.05, 4.69) is 4.90 Å². The van der Waals surface area contributed by atoms with Crippen molar-refractivity contribution in [2.24, 2.45) is 0 Å². The average molecular weight is 333 g/mol. The molecule has 1 atom stereocenters. The molecule has 0 amide bonds. The van der Waals surface area contributed by atoms with E-state index in [0.29, 0.717) is 18.0 Å². The molecule has 1 aromatic heterocycles. The maximum atomic E-state index is 11.2. The maximum Gasteiger partial charge on any atom is 0.346 e. The minimum atomic E-state index is -0.852. The first-order valence-electron chi connectivity index (χ1n) is 7.45. The van der Waals surface area contributed by atoms with Crippen molar-refractivity contribution in [3.63, 3.8) is 0 Å². The zero-order valence-electron chi connectivity index (χ0n) is 12.9. The Morgan fingerprint density at radius 2 is 2.17 bits per heavy atom. The first kappa shape index (κ1) is 16.0. The second kappa shape index (κ2) is 7.12. The lowest BCUT2D eigenvalue weighted by molar-refractivity contribution is -0.0329. The van der Waals surface area contributed by atoms with Gasteiger partial charge in [0.2, 0.25) is 0 Å². The van der Waals surface area contributed by atoms with E-state index in [0.717, 1.165) is 30.0 Å². The molecule has 1 aliphatic rings. The summed E-state index contributed by atoms with van der Waals surface area (Å²) in [6.07, 6.45) is 0.00145. The number of hydrogen-bond donors (Lipinski definition) is 1. The van der Waals surface area contributed by atoms with Crippen LogP contribution in [-0.4, -0.2) is 42.8 Å². The summed E-state index contributed by atoms with van der Waals surface area (Å²) in [6.45, 7) is 2.84. The lowest BCUT2D eigenvalue weighted by Gasteiger charge is -2.33. The molecule has 0 saturated carbocycles. The van der Waals surface area contributed by atoms with Gasteiger partial charge in [0, 0.05) is 19.6 Å². The minimum absolute atomic E-state index is 0.00145. The fourth-order valence-electron chi connectivity index (χ4n) is 2.76. The van der Waals surface area contributed by atoms with Crippen molar-refractivity contribution >= 4 is 17.3 Å². The third-order valence-electron chi connectivity index (χ3n) is 3.97. The summed E-state index contributed by atoms with van der Waals surface area (Å²) in [4.78, 5) is 13.9. The van der Waals surface area contributed by atoms with Crippen LogP contribution in [0.4, 0.5) is 0 Å². The Morgan fingerprint density at radius 1 is 1.39 bits per heavy atom. The average Bonchev–Trinajstić information content (AvgIpc) is 3.03. The van der Waals surface area contributed by atoms with E-state index in [1.54, 1.807) is 7.11 Å². The summed E-state index contributed by atoms with van der Waals surface area (Å²) in [5.41, 5.74) is 1.98.